The molecule has 0 aromatic heterocycles. The normalized spacial score (nSPS) is 47.2. The quantitative estimate of drug-likeness (QED) is 0.565. The highest BCUT2D eigenvalue weighted by atomic mass is 16.5. The second-order valence-corrected chi connectivity index (χ2v) is 6.44. The Morgan fingerprint density at radius 1 is 1.19 bits per heavy atom. The van der Waals surface area contributed by atoms with E-state index in [0.717, 1.165) is 24.3 Å². The fourth-order valence-electron chi connectivity index (χ4n) is 4.81. The molecule has 92 valence electrons. The molecule has 0 saturated heterocycles. The van der Waals surface area contributed by atoms with Gasteiger partial charge in [-0.15, -0.1) is 0 Å². The first-order chi connectivity index (χ1) is 7.69. The molecular formula is C13H24N2O. The number of ether oxygens (including phenoxy) is 1. The molecule has 4 bridgehead atoms. The largest absolute Gasteiger partial charge is 0.371 e. The summed E-state index contributed by atoms with van der Waals surface area (Å²) in [5.41, 5.74) is 2.95. The lowest BCUT2D eigenvalue weighted by molar-refractivity contribution is -0.183. The Kier molecular flexibility index (Phi) is 2.73. The Morgan fingerprint density at radius 3 is 2.12 bits per heavy atom. The second-order valence-electron chi connectivity index (χ2n) is 6.44. The molecule has 4 saturated carbocycles. The fraction of sp³-hybridized carbons (Fsp3) is 1.00. The van der Waals surface area contributed by atoms with Gasteiger partial charge in [-0.25, -0.2) is 0 Å². The predicted molar refractivity (Wildman–Crippen MR) is 63.6 cm³/mol. The Bertz CT molecular complexity index is 231. The zero-order valence-electron chi connectivity index (χ0n) is 10.2. The van der Waals surface area contributed by atoms with Gasteiger partial charge in [-0.1, -0.05) is 0 Å². The molecule has 0 heterocycles. The molecule has 0 aliphatic heterocycles. The van der Waals surface area contributed by atoms with Crippen LogP contribution in [0.25, 0.3) is 0 Å². The Morgan fingerprint density at radius 2 is 1.69 bits per heavy atom. The number of hydrogen-bond acceptors (Lipinski definition) is 3. The number of rotatable bonds is 4. The van der Waals surface area contributed by atoms with Gasteiger partial charge >= 0.3 is 0 Å². The number of hydrogen-bond donors (Lipinski definition) is 2. The summed E-state index contributed by atoms with van der Waals surface area (Å²) in [6.45, 7) is 2.90. The van der Waals surface area contributed by atoms with Crippen LogP contribution < -0.4 is 11.3 Å². The van der Waals surface area contributed by atoms with Crippen LogP contribution in [-0.4, -0.2) is 18.2 Å². The standard InChI is InChI=1S/C13H24N2O/c1-9(8-15-14)16-13-5-10-2-11(6-13)4-12(3-10)7-13/h9-12,15H,2-8,14H2,1H3. The van der Waals surface area contributed by atoms with E-state index < -0.39 is 0 Å². The lowest BCUT2D eigenvalue weighted by Crippen LogP contribution is -2.54. The third-order valence-electron chi connectivity index (χ3n) is 4.84. The molecule has 0 aromatic rings. The Hall–Kier alpha value is -0.120. The van der Waals surface area contributed by atoms with Crippen molar-refractivity contribution in [3.05, 3.63) is 0 Å². The average Bonchev–Trinajstić information content (AvgIpc) is 2.13. The molecule has 4 aliphatic rings. The maximum absolute atomic E-state index is 6.35. The molecule has 0 amide bonds. The van der Waals surface area contributed by atoms with Crippen LogP contribution in [0.15, 0.2) is 0 Å². The highest BCUT2D eigenvalue weighted by molar-refractivity contribution is 5.03. The van der Waals surface area contributed by atoms with Crippen LogP contribution in [0.4, 0.5) is 0 Å². The van der Waals surface area contributed by atoms with Crippen molar-refractivity contribution < 1.29 is 4.74 Å². The minimum Gasteiger partial charge on any atom is -0.371 e. The van der Waals surface area contributed by atoms with E-state index >= 15 is 0 Å². The summed E-state index contributed by atoms with van der Waals surface area (Å²) in [7, 11) is 0. The van der Waals surface area contributed by atoms with Crippen LogP contribution >= 0.6 is 0 Å². The van der Waals surface area contributed by atoms with Gasteiger partial charge in [0.15, 0.2) is 0 Å². The molecule has 3 N–H and O–H groups in total. The van der Waals surface area contributed by atoms with Crippen LogP contribution in [0.5, 0.6) is 0 Å². The average molecular weight is 224 g/mol. The molecule has 0 radical (unpaired) electrons. The van der Waals surface area contributed by atoms with Crippen LogP contribution in [0, 0.1) is 17.8 Å². The van der Waals surface area contributed by atoms with Gasteiger partial charge < -0.3 is 4.74 Å². The van der Waals surface area contributed by atoms with Crippen LogP contribution in [-0.2, 0) is 4.74 Å². The van der Waals surface area contributed by atoms with E-state index in [1.165, 1.54) is 38.5 Å². The minimum atomic E-state index is 0.227. The van der Waals surface area contributed by atoms with Gasteiger partial charge in [-0.3, -0.25) is 11.3 Å². The van der Waals surface area contributed by atoms with E-state index in [-0.39, 0.29) is 11.7 Å². The summed E-state index contributed by atoms with van der Waals surface area (Å²) in [5.74, 6) is 8.25. The number of nitrogens with two attached hydrogens (primary N) is 1. The van der Waals surface area contributed by atoms with E-state index in [1.54, 1.807) is 0 Å². The van der Waals surface area contributed by atoms with Crippen molar-refractivity contribution in [1.29, 1.82) is 0 Å². The van der Waals surface area contributed by atoms with E-state index in [0.29, 0.717) is 0 Å². The molecular weight excluding hydrogens is 200 g/mol. The maximum Gasteiger partial charge on any atom is 0.0694 e. The summed E-state index contributed by atoms with van der Waals surface area (Å²) in [5, 5.41) is 0. The summed E-state index contributed by atoms with van der Waals surface area (Å²) < 4.78 is 6.35. The summed E-state index contributed by atoms with van der Waals surface area (Å²) >= 11 is 0. The summed E-state index contributed by atoms with van der Waals surface area (Å²) in [4.78, 5) is 0. The van der Waals surface area contributed by atoms with Gasteiger partial charge in [0, 0.05) is 6.54 Å². The van der Waals surface area contributed by atoms with Crippen molar-refractivity contribution in [2.45, 2.75) is 57.2 Å². The van der Waals surface area contributed by atoms with Gasteiger partial charge in [-0.2, -0.15) is 0 Å². The van der Waals surface area contributed by atoms with Gasteiger partial charge in [0.05, 0.1) is 11.7 Å². The van der Waals surface area contributed by atoms with Gasteiger partial charge in [0.25, 0.3) is 0 Å². The molecule has 4 fully saturated rings. The monoisotopic (exact) mass is 224 g/mol. The molecule has 0 spiro atoms. The van der Waals surface area contributed by atoms with E-state index in [1.807, 2.05) is 0 Å². The Labute approximate surface area is 98.1 Å². The SMILES string of the molecule is CC(CNN)OC12CC3CC(CC(C3)C1)C2. The van der Waals surface area contributed by atoms with Crippen LogP contribution in [0.1, 0.15) is 45.4 Å². The highest BCUT2D eigenvalue weighted by Crippen LogP contribution is 2.57. The molecule has 4 rings (SSSR count). The smallest absolute Gasteiger partial charge is 0.0694 e. The van der Waals surface area contributed by atoms with Crippen molar-refractivity contribution in [3.8, 4) is 0 Å². The molecule has 1 atom stereocenters. The van der Waals surface area contributed by atoms with E-state index in [9.17, 15) is 0 Å². The summed E-state index contributed by atoms with van der Waals surface area (Å²) in [6, 6.07) is 0. The fourth-order valence-corrected chi connectivity index (χ4v) is 4.81. The highest BCUT2D eigenvalue weighted by Gasteiger charge is 2.52. The molecule has 3 heteroatoms. The van der Waals surface area contributed by atoms with Crippen molar-refractivity contribution >= 4 is 0 Å². The third kappa shape index (κ3) is 1.89. The topological polar surface area (TPSA) is 47.3 Å². The first kappa shape index (κ1) is 11.0. The van der Waals surface area contributed by atoms with E-state index in [2.05, 4.69) is 12.3 Å². The third-order valence-corrected chi connectivity index (χ3v) is 4.84. The lowest BCUT2D eigenvalue weighted by Gasteiger charge is -2.57. The molecule has 0 aromatic carbocycles. The Balaban J connectivity index is 1.68. The zero-order chi connectivity index (χ0) is 11.2. The predicted octanol–water partition coefficient (Wildman–Crippen LogP) is 1.82. The molecule has 1 unspecified atom stereocenters. The maximum atomic E-state index is 6.35. The number of nitrogens with one attached hydrogen (secondary N) is 1. The summed E-state index contributed by atoms with van der Waals surface area (Å²) in [6.07, 6.45) is 8.63. The first-order valence-electron chi connectivity index (χ1n) is 6.80. The van der Waals surface area contributed by atoms with Crippen LogP contribution in [0.2, 0.25) is 0 Å². The van der Waals surface area contributed by atoms with Crippen molar-refractivity contribution in [2.75, 3.05) is 6.54 Å². The van der Waals surface area contributed by atoms with E-state index in [4.69, 9.17) is 10.6 Å². The van der Waals surface area contributed by atoms with Crippen LogP contribution in [0.3, 0.4) is 0 Å². The molecule has 4 aliphatic carbocycles. The molecule has 16 heavy (non-hydrogen) atoms. The second kappa shape index (κ2) is 3.97. The van der Waals surface area contributed by atoms with Gasteiger partial charge in [0.2, 0.25) is 0 Å². The van der Waals surface area contributed by atoms with Crippen molar-refractivity contribution in [1.82, 2.24) is 5.43 Å². The lowest BCUT2D eigenvalue weighted by atomic mass is 9.54. The van der Waals surface area contributed by atoms with Gasteiger partial charge in [-0.05, 0) is 63.2 Å². The first-order valence-corrected chi connectivity index (χ1v) is 6.80. The van der Waals surface area contributed by atoms with Crippen molar-refractivity contribution in [2.24, 2.45) is 23.6 Å². The van der Waals surface area contributed by atoms with Gasteiger partial charge in [0.1, 0.15) is 0 Å². The minimum absolute atomic E-state index is 0.227. The molecule has 3 nitrogen and oxygen atoms in total. The number of hydrazine groups is 1. The zero-order valence-corrected chi connectivity index (χ0v) is 10.2. The van der Waals surface area contributed by atoms with Crippen molar-refractivity contribution in [3.63, 3.8) is 0 Å².